The normalized spacial score (nSPS) is 10.2. The number of rotatable bonds is 12. The number of aromatic nitrogens is 6. The van der Waals surface area contributed by atoms with Gasteiger partial charge in [0, 0.05) is 37.2 Å². The molecule has 0 aliphatic rings. The van der Waals surface area contributed by atoms with Gasteiger partial charge in [-0.2, -0.15) is 0 Å². The average Bonchev–Trinajstić information content (AvgIpc) is 0.778. The van der Waals surface area contributed by atoms with Crippen LogP contribution in [0.3, 0.4) is 0 Å². The zero-order chi connectivity index (χ0) is 83.6. The van der Waals surface area contributed by atoms with E-state index >= 15 is 0 Å². The second kappa shape index (κ2) is 57.2. The molecular formula is C106H120Mo3N7O3Si3-6. The van der Waals surface area contributed by atoms with E-state index in [4.69, 9.17) is 3.73 Å². The molecule has 6 aromatic heterocycles. The van der Waals surface area contributed by atoms with E-state index in [2.05, 4.69) is 132 Å². The Kier molecular flexibility index (Phi) is 51.4. The van der Waals surface area contributed by atoms with E-state index < -0.39 is 25.0 Å². The summed E-state index contributed by atoms with van der Waals surface area (Å²) in [5.74, 6) is 0. The first-order valence-corrected chi connectivity index (χ1v) is 47.0. The summed E-state index contributed by atoms with van der Waals surface area (Å²) < 4.78 is 13.1. The first kappa shape index (κ1) is 110. The first-order chi connectivity index (χ1) is 56.0. The molecule has 0 saturated carbocycles. The summed E-state index contributed by atoms with van der Waals surface area (Å²) in [5.41, 5.74) is 8.67. The van der Waals surface area contributed by atoms with Crippen LogP contribution in [0.1, 0.15) is 86.8 Å². The minimum atomic E-state index is -2.88. The van der Waals surface area contributed by atoms with Gasteiger partial charge in [0.2, 0.25) is 0 Å². The van der Waals surface area contributed by atoms with Gasteiger partial charge >= 0.3 is 109 Å². The van der Waals surface area contributed by atoms with Crippen LogP contribution in [0.5, 0.6) is 0 Å². The van der Waals surface area contributed by atoms with Gasteiger partial charge in [-0.3, -0.25) is 29.9 Å². The van der Waals surface area contributed by atoms with Crippen molar-refractivity contribution in [2.45, 2.75) is 86.5 Å². The van der Waals surface area contributed by atoms with Crippen LogP contribution in [0.4, 0.5) is 0 Å². The molecule has 16 heteroatoms. The average molecular weight is 1910 g/mol. The molecule has 0 spiro atoms. The molecule has 122 heavy (non-hydrogen) atoms. The maximum atomic E-state index is 11.6. The summed E-state index contributed by atoms with van der Waals surface area (Å²) in [4.78, 5) is 60.4. The monoisotopic (exact) mass is 1920 g/mol. The van der Waals surface area contributed by atoms with Crippen molar-refractivity contribution >= 4 is 71.6 Å². The molecule has 0 bridgehead atoms. The summed E-state index contributed by atoms with van der Waals surface area (Å²) in [7, 11) is -8.63. The summed E-state index contributed by atoms with van der Waals surface area (Å²) in [6, 6.07) is 122. The number of hydrogen-bond donors (Lipinski definition) is 3. The Labute approximate surface area is 768 Å². The maximum Gasteiger partial charge on any atom is 0.0886 e. The Morgan fingerprint density at radius 3 is 0.525 bits per heavy atom. The minimum Gasteiger partial charge on any atom is -0.255 e. The molecule has 0 saturated heterocycles. The van der Waals surface area contributed by atoms with E-state index in [0.717, 1.165) is 107 Å². The van der Waals surface area contributed by atoms with Crippen molar-refractivity contribution in [2.24, 2.45) is 5.41 Å². The van der Waals surface area contributed by atoms with Crippen LogP contribution >= 0.6 is 0 Å². The van der Waals surface area contributed by atoms with Crippen molar-refractivity contribution in [2.75, 3.05) is 0 Å². The zero-order valence-corrected chi connectivity index (χ0v) is 82.6. The van der Waals surface area contributed by atoms with Crippen molar-refractivity contribution in [1.82, 2.24) is 29.9 Å². The third-order valence-corrected chi connectivity index (χ3v) is 30.6. The van der Waals surface area contributed by atoms with Crippen molar-refractivity contribution in [3.63, 3.8) is 0 Å². The van der Waals surface area contributed by atoms with Crippen molar-refractivity contribution in [1.29, 1.82) is 3.73 Å². The number of benzene rings is 9. The Balaban J connectivity index is 0.000000711. The molecule has 0 radical (unpaired) electrons. The molecule has 0 fully saturated rings. The largest absolute Gasteiger partial charge is 0.255 e. The quantitative estimate of drug-likeness (QED) is 0.0610. The van der Waals surface area contributed by atoms with Crippen LogP contribution in [-0.2, 0) is 68.6 Å². The number of pyridine rings is 6. The Morgan fingerprint density at radius 2 is 0.402 bits per heavy atom. The standard InChI is InChI=1S/C18H24N2.3C18H16OSi.2C10H8N2.C5H9.C3H5.6CH3.3Mo.N/c1-17(2,3)13-7-9-19-15(11-13)16-12-14(8-10-20-16)18(4,5)6;3*19-20(16-10-4-1-5-11-16,17-12-6-2-7-13-17)18-14-8-3-9-15-18;2*1-3-7-11-9(5-1)10-6-2-4-8-12-10;1-5(2,3)4;1-3-2;;;;;;;;;;/h7-12H,1-6H3;3*1-15,19H;2*1-8H;1-3H3;3H2,1H3;6*1H3;;;;/q;;;;;;;;6*-1;;;;. The van der Waals surface area contributed by atoms with Gasteiger partial charge in [-0.05, 0) is 141 Å². The molecule has 9 aromatic carbocycles. The second-order valence-corrected chi connectivity index (χ2v) is 40.2. The molecule has 15 aromatic rings. The van der Waals surface area contributed by atoms with Gasteiger partial charge in [-0.25, -0.2) is 0 Å². The van der Waals surface area contributed by atoms with Gasteiger partial charge in [0.15, 0.2) is 0 Å². The fraction of sp³-hybridized carbons (Fsp3) is 0.132. The molecular weight excluding hydrogens is 1790 g/mol. The van der Waals surface area contributed by atoms with Gasteiger partial charge in [-0.1, -0.05) is 339 Å². The molecule has 15 rings (SSSR count). The molecule has 10 nitrogen and oxygen atoms in total. The van der Waals surface area contributed by atoms with E-state index in [1.165, 1.54) is 11.1 Å². The van der Waals surface area contributed by atoms with Crippen LogP contribution in [0.15, 0.2) is 407 Å². The van der Waals surface area contributed by atoms with E-state index in [9.17, 15) is 14.4 Å². The predicted octanol–water partition coefficient (Wildman–Crippen LogP) is 19.1. The molecule has 0 aliphatic heterocycles. The fourth-order valence-corrected chi connectivity index (χ4v) is 20.8. The third kappa shape index (κ3) is 33.9. The van der Waals surface area contributed by atoms with Crippen LogP contribution in [0.25, 0.3) is 34.2 Å². The van der Waals surface area contributed by atoms with Crippen molar-refractivity contribution in [3.8, 4) is 42.6 Å². The Morgan fingerprint density at radius 1 is 0.254 bits per heavy atom. The van der Waals surface area contributed by atoms with Crippen molar-refractivity contribution < 1.29 is 72.1 Å². The van der Waals surface area contributed by atoms with Crippen LogP contribution < -0.4 is 46.7 Å². The Bertz CT molecular complexity index is 4550. The molecule has 6 heterocycles. The van der Waals surface area contributed by atoms with Gasteiger partial charge in [0.25, 0.3) is 25.0 Å². The molecule has 633 valence electrons. The summed E-state index contributed by atoms with van der Waals surface area (Å²) in [6.07, 6.45) is 11.9. The van der Waals surface area contributed by atoms with E-state index in [1.807, 2.05) is 396 Å². The van der Waals surface area contributed by atoms with E-state index in [1.54, 1.807) is 24.8 Å². The summed E-state index contributed by atoms with van der Waals surface area (Å²) in [5, 5.41) is 9.10. The second-order valence-electron chi connectivity index (χ2n) is 29.5. The van der Waals surface area contributed by atoms with Gasteiger partial charge in [0.05, 0.1) is 34.2 Å². The summed E-state index contributed by atoms with van der Waals surface area (Å²) in [6.45, 7) is 21.8. The molecule has 0 aliphatic carbocycles. The van der Waals surface area contributed by atoms with Gasteiger partial charge < -0.3 is 58.9 Å². The minimum absolute atomic E-state index is 0. The van der Waals surface area contributed by atoms with Crippen LogP contribution in [0.2, 0.25) is 0 Å². The molecule has 0 amide bonds. The molecule has 3 N–H and O–H groups in total. The van der Waals surface area contributed by atoms with Crippen LogP contribution in [0, 0.1) is 62.1 Å². The first-order valence-electron chi connectivity index (χ1n) is 38.2. The maximum absolute atomic E-state index is 11.6. The summed E-state index contributed by atoms with van der Waals surface area (Å²) >= 11 is 4.72. The van der Waals surface area contributed by atoms with Crippen molar-refractivity contribution in [3.05, 3.63) is 463 Å². The Hall–Kier alpha value is -10.3. The SMILES string of the molecule is CC(C)(C)[C]#[Mo].CC(C)(C)c1ccnc(-c2cc(C(C)(C)C)ccn2)c1.CC[C]#[Mo].O[Si](c1ccccc1)(c1ccccc1)c1ccccc1.O[Si](c1ccccc1)(c1ccccc1)c1ccccc1.O[Si](c1ccccc1)(c1ccccc1)c1ccccc1.[CH3-].[CH3-].[CH3-].[CH3-].[CH3-].[CH3-].[N]#[Mo].c1ccc(-c2ccccn2)nc1.c1ccc(-c2ccccn2)nc1. The van der Waals surface area contributed by atoms with E-state index in [-0.39, 0.29) is 55.4 Å². The van der Waals surface area contributed by atoms with E-state index in [0.29, 0.717) is 5.41 Å². The number of nitrogens with zero attached hydrogens (tertiary/aromatic N) is 7. The predicted molar refractivity (Wildman–Crippen MR) is 516 cm³/mol. The van der Waals surface area contributed by atoms with Gasteiger partial charge in [-0.15, -0.1) is 0 Å². The fourth-order valence-electron chi connectivity index (χ4n) is 11.7. The van der Waals surface area contributed by atoms with Gasteiger partial charge in [0.1, 0.15) is 0 Å². The van der Waals surface area contributed by atoms with Crippen LogP contribution in [-0.4, -0.2) is 69.2 Å². The third-order valence-electron chi connectivity index (χ3n) is 17.9. The zero-order valence-electron chi connectivity index (χ0n) is 73.6. The topological polar surface area (TPSA) is 162 Å². The molecule has 0 atom stereocenters. The smallest absolute Gasteiger partial charge is 0.0886 e. The number of hydrogen-bond acceptors (Lipinski definition) is 10. The molecule has 0 unspecified atom stereocenters.